The average Bonchev–Trinajstić information content (AvgIpc) is 2.80. The molecule has 18 heavy (non-hydrogen) atoms. The Morgan fingerprint density at radius 3 is 3.00 bits per heavy atom. The minimum atomic E-state index is 0.0690. The van der Waals surface area contributed by atoms with Gasteiger partial charge in [0.25, 0.3) is 0 Å². The van der Waals surface area contributed by atoms with E-state index in [4.69, 9.17) is 4.74 Å². The summed E-state index contributed by atoms with van der Waals surface area (Å²) in [5, 5.41) is 6.34. The van der Waals surface area contributed by atoms with E-state index in [0.29, 0.717) is 12.3 Å². The fourth-order valence-electron chi connectivity index (χ4n) is 2.98. The van der Waals surface area contributed by atoms with Crippen molar-refractivity contribution in [2.24, 2.45) is 0 Å². The number of anilines is 1. The molecule has 1 saturated heterocycles. The number of ether oxygens (including phenoxy) is 1. The van der Waals surface area contributed by atoms with Crippen molar-refractivity contribution < 1.29 is 9.53 Å². The second-order valence-electron chi connectivity index (χ2n) is 4.98. The zero-order chi connectivity index (χ0) is 12.5. The number of benzene rings is 1. The highest BCUT2D eigenvalue weighted by Gasteiger charge is 2.28. The zero-order valence-electron chi connectivity index (χ0n) is 10.6. The molecule has 0 bridgehead atoms. The number of carbonyl (C=O) groups is 1. The van der Waals surface area contributed by atoms with Crippen molar-refractivity contribution in [2.75, 3.05) is 25.5 Å². The van der Waals surface area contributed by atoms with Crippen molar-refractivity contribution in [3.05, 3.63) is 23.3 Å². The molecule has 2 heterocycles. The Balaban J connectivity index is 2.01. The summed E-state index contributed by atoms with van der Waals surface area (Å²) >= 11 is 0. The third-order valence-electron chi connectivity index (χ3n) is 3.87. The summed E-state index contributed by atoms with van der Waals surface area (Å²) in [5.74, 6) is 1.36. The van der Waals surface area contributed by atoms with E-state index in [2.05, 4.69) is 16.7 Å². The summed E-state index contributed by atoms with van der Waals surface area (Å²) in [7, 11) is 1.64. The van der Waals surface area contributed by atoms with Crippen LogP contribution in [0.15, 0.2) is 12.1 Å². The third kappa shape index (κ3) is 1.86. The molecule has 0 spiro atoms. The van der Waals surface area contributed by atoms with E-state index in [1.807, 2.05) is 6.07 Å². The number of piperidine rings is 1. The molecule has 1 fully saturated rings. The van der Waals surface area contributed by atoms with E-state index in [1.165, 1.54) is 18.4 Å². The van der Waals surface area contributed by atoms with Crippen molar-refractivity contribution in [3.63, 3.8) is 0 Å². The topological polar surface area (TPSA) is 50.4 Å². The summed E-state index contributed by atoms with van der Waals surface area (Å²) < 4.78 is 5.32. The van der Waals surface area contributed by atoms with Crippen LogP contribution in [0, 0.1) is 0 Å². The van der Waals surface area contributed by atoms with E-state index in [1.54, 1.807) is 7.11 Å². The molecule has 1 aromatic carbocycles. The molecular formula is C14H18N2O2. The van der Waals surface area contributed by atoms with Crippen LogP contribution in [0.25, 0.3) is 0 Å². The number of hydrogen-bond acceptors (Lipinski definition) is 3. The van der Waals surface area contributed by atoms with Crippen LogP contribution in [0.1, 0.15) is 29.9 Å². The Hall–Kier alpha value is -1.55. The van der Waals surface area contributed by atoms with Crippen LogP contribution in [0.4, 0.5) is 5.69 Å². The second-order valence-corrected chi connectivity index (χ2v) is 4.98. The van der Waals surface area contributed by atoms with Crippen molar-refractivity contribution in [2.45, 2.75) is 25.2 Å². The van der Waals surface area contributed by atoms with Gasteiger partial charge in [0.05, 0.1) is 19.2 Å². The summed E-state index contributed by atoms with van der Waals surface area (Å²) in [5.41, 5.74) is 3.31. The number of methoxy groups -OCH3 is 1. The molecule has 1 aromatic rings. The maximum atomic E-state index is 11.6. The van der Waals surface area contributed by atoms with E-state index in [0.717, 1.165) is 30.1 Å². The van der Waals surface area contributed by atoms with Gasteiger partial charge in [-0.1, -0.05) is 6.07 Å². The Morgan fingerprint density at radius 1 is 1.39 bits per heavy atom. The molecule has 4 heteroatoms. The fourth-order valence-corrected chi connectivity index (χ4v) is 2.98. The molecule has 0 aromatic heterocycles. The highest BCUT2D eigenvalue weighted by Crippen LogP contribution is 2.39. The van der Waals surface area contributed by atoms with Crippen LogP contribution in [-0.4, -0.2) is 26.1 Å². The van der Waals surface area contributed by atoms with Gasteiger partial charge in [0.2, 0.25) is 5.91 Å². The van der Waals surface area contributed by atoms with Crippen LogP contribution in [-0.2, 0) is 11.2 Å². The number of nitrogens with one attached hydrogen (secondary N) is 2. The van der Waals surface area contributed by atoms with Crippen molar-refractivity contribution in [3.8, 4) is 5.75 Å². The predicted molar refractivity (Wildman–Crippen MR) is 70.2 cm³/mol. The van der Waals surface area contributed by atoms with Gasteiger partial charge >= 0.3 is 0 Å². The molecule has 4 nitrogen and oxygen atoms in total. The highest BCUT2D eigenvalue weighted by molar-refractivity contribution is 6.01. The number of rotatable bonds is 2. The molecule has 0 saturated carbocycles. The van der Waals surface area contributed by atoms with E-state index in [-0.39, 0.29) is 5.91 Å². The van der Waals surface area contributed by atoms with Crippen molar-refractivity contribution >= 4 is 11.6 Å². The first kappa shape index (κ1) is 11.5. The number of amides is 1. The first-order valence-corrected chi connectivity index (χ1v) is 6.50. The summed E-state index contributed by atoms with van der Waals surface area (Å²) in [6.07, 6.45) is 2.88. The Bertz CT molecular complexity index is 479. The van der Waals surface area contributed by atoms with Crippen molar-refractivity contribution in [1.82, 2.24) is 5.32 Å². The predicted octanol–water partition coefficient (Wildman–Crippen LogP) is 1.66. The van der Waals surface area contributed by atoms with Crippen LogP contribution in [0.5, 0.6) is 5.75 Å². The highest BCUT2D eigenvalue weighted by atomic mass is 16.5. The molecular weight excluding hydrogens is 228 g/mol. The van der Waals surface area contributed by atoms with Gasteiger partial charge in [-0.25, -0.2) is 0 Å². The summed E-state index contributed by atoms with van der Waals surface area (Å²) in [4.78, 5) is 11.6. The van der Waals surface area contributed by atoms with Gasteiger partial charge in [0.15, 0.2) is 0 Å². The quantitative estimate of drug-likeness (QED) is 0.834. The minimum absolute atomic E-state index is 0.0690. The average molecular weight is 246 g/mol. The molecule has 1 unspecified atom stereocenters. The SMILES string of the molecule is COc1ccc(C2CCCNC2)c2c1NC(=O)C2. The van der Waals surface area contributed by atoms with Crippen LogP contribution < -0.4 is 15.4 Å². The van der Waals surface area contributed by atoms with Crippen LogP contribution in [0.3, 0.4) is 0 Å². The maximum Gasteiger partial charge on any atom is 0.228 e. The summed E-state index contributed by atoms with van der Waals surface area (Å²) in [6, 6.07) is 4.09. The Kier molecular flexibility index (Phi) is 2.96. The molecule has 2 aliphatic rings. The minimum Gasteiger partial charge on any atom is -0.495 e. The van der Waals surface area contributed by atoms with Gasteiger partial charge in [-0.2, -0.15) is 0 Å². The lowest BCUT2D eigenvalue weighted by molar-refractivity contribution is -0.115. The fraction of sp³-hybridized carbons (Fsp3) is 0.500. The summed E-state index contributed by atoms with van der Waals surface area (Å²) in [6.45, 7) is 2.11. The molecule has 1 amide bonds. The first-order chi connectivity index (χ1) is 8.79. The zero-order valence-corrected chi connectivity index (χ0v) is 10.6. The molecule has 96 valence electrons. The number of carbonyl (C=O) groups excluding carboxylic acids is 1. The number of hydrogen-bond donors (Lipinski definition) is 2. The van der Waals surface area contributed by atoms with Gasteiger partial charge in [-0.05, 0) is 42.5 Å². The third-order valence-corrected chi connectivity index (χ3v) is 3.87. The van der Waals surface area contributed by atoms with Crippen LogP contribution >= 0.6 is 0 Å². The molecule has 1 atom stereocenters. The lowest BCUT2D eigenvalue weighted by Gasteiger charge is -2.25. The van der Waals surface area contributed by atoms with Gasteiger partial charge in [-0.3, -0.25) is 4.79 Å². The van der Waals surface area contributed by atoms with E-state index >= 15 is 0 Å². The Labute approximate surface area is 107 Å². The molecule has 2 N–H and O–H groups in total. The molecule has 0 aliphatic carbocycles. The Morgan fingerprint density at radius 2 is 2.28 bits per heavy atom. The molecule has 3 rings (SSSR count). The van der Waals surface area contributed by atoms with Crippen LogP contribution in [0.2, 0.25) is 0 Å². The van der Waals surface area contributed by atoms with Gasteiger partial charge in [0, 0.05) is 6.54 Å². The van der Waals surface area contributed by atoms with E-state index < -0.39 is 0 Å². The smallest absolute Gasteiger partial charge is 0.228 e. The largest absolute Gasteiger partial charge is 0.495 e. The number of fused-ring (bicyclic) bond motifs is 1. The molecule has 2 aliphatic heterocycles. The van der Waals surface area contributed by atoms with Gasteiger partial charge in [0.1, 0.15) is 5.75 Å². The monoisotopic (exact) mass is 246 g/mol. The lowest BCUT2D eigenvalue weighted by atomic mass is 9.87. The molecule has 0 radical (unpaired) electrons. The van der Waals surface area contributed by atoms with E-state index in [9.17, 15) is 4.79 Å². The maximum absolute atomic E-state index is 11.6. The normalized spacial score (nSPS) is 22.5. The van der Waals surface area contributed by atoms with Gasteiger partial charge in [-0.15, -0.1) is 0 Å². The first-order valence-electron chi connectivity index (χ1n) is 6.50. The lowest BCUT2D eigenvalue weighted by Crippen LogP contribution is -2.28. The second kappa shape index (κ2) is 4.61. The van der Waals surface area contributed by atoms with Gasteiger partial charge < -0.3 is 15.4 Å². The van der Waals surface area contributed by atoms with Crippen molar-refractivity contribution in [1.29, 1.82) is 0 Å². The standard InChI is InChI=1S/C14H18N2O2/c1-18-12-5-4-10(9-3-2-6-15-8-9)11-7-13(17)16-14(11)12/h4-5,9,15H,2-3,6-8H2,1H3,(H,16,17).